The number of aliphatic hydroxyl groups excluding tert-OH is 1. The smallest absolute Gasteiger partial charge is 0.230 e. The number of hydrogen-bond acceptors (Lipinski definition) is 3. The maximum absolute atomic E-state index is 11.7. The zero-order valence-electron chi connectivity index (χ0n) is 11.1. The molecule has 1 unspecified atom stereocenters. The van der Waals surface area contributed by atoms with E-state index < -0.39 is 0 Å². The Bertz CT molecular complexity index is 376. The van der Waals surface area contributed by atoms with Gasteiger partial charge >= 0.3 is 0 Å². The van der Waals surface area contributed by atoms with Crippen LogP contribution < -0.4 is 5.32 Å². The van der Waals surface area contributed by atoms with Gasteiger partial charge in [-0.3, -0.25) is 4.79 Å². The highest BCUT2D eigenvalue weighted by Gasteiger charge is 2.14. The van der Waals surface area contributed by atoms with Crippen LogP contribution in [-0.2, 0) is 4.79 Å². The van der Waals surface area contributed by atoms with E-state index in [1.54, 1.807) is 0 Å². The lowest BCUT2D eigenvalue weighted by atomic mass is 10.1. The summed E-state index contributed by atoms with van der Waals surface area (Å²) >= 11 is 1.51. The Morgan fingerprint density at radius 1 is 1.33 bits per heavy atom. The Labute approximate surface area is 113 Å². The van der Waals surface area contributed by atoms with Crippen molar-refractivity contribution in [2.45, 2.75) is 31.7 Å². The van der Waals surface area contributed by atoms with Gasteiger partial charge in [0, 0.05) is 4.90 Å². The van der Waals surface area contributed by atoms with Crippen LogP contribution >= 0.6 is 11.8 Å². The van der Waals surface area contributed by atoms with Gasteiger partial charge < -0.3 is 10.4 Å². The number of nitrogens with one attached hydrogen (secondary N) is 1. The van der Waals surface area contributed by atoms with E-state index >= 15 is 0 Å². The molecule has 2 N–H and O–H groups in total. The summed E-state index contributed by atoms with van der Waals surface area (Å²) in [6.45, 7) is 5.98. The minimum atomic E-state index is -0.156. The van der Waals surface area contributed by atoms with Crippen LogP contribution in [0.15, 0.2) is 29.2 Å². The zero-order valence-corrected chi connectivity index (χ0v) is 12.0. The second-order valence-electron chi connectivity index (χ2n) is 4.70. The largest absolute Gasteiger partial charge is 0.394 e. The SMILES string of the molecule is Cc1ccc(SCC(=O)NC(CO)C(C)C)cc1. The van der Waals surface area contributed by atoms with Gasteiger partial charge in [0.15, 0.2) is 0 Å². The minimum Gasteiger partial charge on any atom is -0.394 e. The van der Waals surface area contributed by atoms with E-state index in [4.69, 9.17) is 5.11 Å². The van der Waals surface area contributed by atoms with Crippen LogP contribution in [0.4, 0.5) is 0 Å². The van der Waals surface area contributed by atoms with Crippen molar-refractivity contribution in [1.82, 2.24) is 5.32 Å². The molecule has 100 valence electrons. The first kappa shape index (κ1) is 15.1. The van der Waals surface area contributed by atoms with Crippen LogP contribution in [0.1, 0.15) is 19.4 Å². The number of amides is 1. The summed E-state index contributed by atoms with van der Waals surface area (Å²) in [5.41, 5.74) is 1.21. The number of hydrogen-bond donors (Lipinski definition) is 2. The molecule has 1 amide bonds. The van der Waals surface area contributed by atoms with Gasteiger partial charge in [0.05, 0.1) is 18.4 Å². The fourth-order valence-corrected chi connectivity index (χ4v) is 2.16. The normalized spacial score (nSPS) is 12.5. The maximum atomic E-state index is 11.7. The molecule has 0 radical (unpaired) electrons. The van der Waals surface area contributed by atoms with Crippen molar-refractivity contribution in [2.75, 3.05) is 12.4 Å². The van der Waals surface area contributed by atoms with Crippen molar-refractivity contribution in [3.63, 3.8) is 0 Å². The molecule has 0 bridgehead atoms. The van der Waals surface area contributed by atoms with Gasteiger partial charge in [-0.1, -0.05) is 31.5 Å². The Hall–Kier alpha value is -1.00. The molecule has 0 aliphatic rings. The van der Waals surface area contributed by atoms with E-state index in [1.165, 1.54) is 17.3 Å². The molecular weight excluding hydrogens is 246 g/mol. The third kappa shape index (κ3) is 5.10. The van der Waals surface area contributed by atoms with E-state index in [9.17, 15) is 4.79 Å². The number of carbonyl (C=O) groups excluding carboxylic acids is 1. The average molecular weight is 267 g/mol. The summed E-state index contributed by atoms with van der Waals surface area (Å²) in [5.74, 6) is 0.586. The monoisotopic (exact) mass is 267 g/mol. The molecule has 0 fully saturated rings. The average Bonchev–Trinajstić information content (AvgIpc) is 2.35. The quantitative estimate of drug-likeness (QED) is 0.777. The number of rotatable bonds is 6. The predicted octanol–water partition coefficient (Wildman–Crippen LogP) is 2.22. The van der Waals surface area contributed by atoms with Gasteiger partial charge in [0.2, 0.25) is 5.91 Å². The molecule has 0 spiro atoms. The van der Waals surface area contributed by atoms with Crippen LogP contribution in [0.5, 0.6) is 0 Å². The summed E-state index contributed by atoms with van der Waals surface area (Å²) in [6, 6.07) is 7.94. The Balaban J connectivity index is 2.39. The van der Waals surface area contributed by atoms with Gasteiger partial charge in [0.1, 0.15) is 0 Å². The Kier molecular flexibility index (Phi) is 6.22. The Morgan fingerprint density at radius 3 is 2.44 bits per heavy atom. The molecular formula is C14H21NO2S. The third-order valence-electron chi connectivity index (χ3n) is 2.74. The summed E-state index contributed by atoms with van der Waals surface area (Å²) in [5, 5.41) is 12.0. The highest BCUT2D eigenvalue weighted by atomic mass is 32.2. The number of thioether (sulfide) groups is 1. The molecule has 3 nitrogen and oxygen atoms in total. The number of aryl methyl sites for hydroxylation is 1. The molecule has 0 heterocycles. The fraction of sp³-hybridized carbons (Fsp3) is 0.500. The highest BCUT2D eigenvalue weighted by Crippen LogP contribution is 2.17. The van der Waals surface area contributed by atoms with Gasteiger partial charge in [-0.15, -0.1) is 11.8 Å². The van der Waals surface area contributed by atoms with Crippen molar-refractivity contribution in [2.24, 2.45) is 5.92 Å². The highest BCUT2D eigenvalue weighted by molar-refractivity contribution is 8.00. The van der Waals surface area contributed by atoms with Crippen LogP contribution in [0.2, 0.25) is 0 Å². The molecule has 0 aliphatic heterocycles. The fourth-order valence-electron chi connectivity index (χ4n) is 1.45. The third-order valence-corrected chi connectivity index (χ3v) is 3.75. The van der Waals surface area contributed by atoms with E-state index in [2.05, 4.69) is 5.32 Å². The Morgan fingerprint density at radius 2 is 1.94 bits per heavy atom. The standard InChI is InChI=1S/C14H21NO2S/c1-10(2)13(8-16)15-14(17)9-18-12-6-4-11(3)5-7-12/h4-7,10,13,16H,8-9H2,1-3H3,(H,15,17). The lowest BCUT2D eigenvalue weighted by Crippen LogP contribution is -2.41. The second kappa shape index (κ2) is 7.44. The van der Waals surface area contributed by atoms with Gasteiger partial charge in [-0.05, 0) is 25.0 Å². The van der Waals surface area contributed by atoms with Gasteiger partial charge in [0.25, 0.3) is 0 Å². The molecule has 1 aromatic rings. The summed E-state index contributed by atoms with van der Waals surface area (Å²) in [4.78, 5) is 12.8. The van der Waals surface area contributed by atoms with E-state index in [0.29, 0.717) is 5.75 Å². The molecule has 1 aromatic carbocycles. The summed E-state index contributed by atoms with van der Waals surface area (Å²) in [7, 11) is 0. The van der Waals surface area contributed by atoms with E-state index in [1.807, 2.05) is 45.0 Å². The first-order valence-electron chi connectivity index (χ1n) is 6.12. The molecule has 18 heavy (non-hydrogen) atoms. The molecule has 0 aromatic heterocycles. The summed E-state index contributed by atoms with van der Waals surface area (Å²) < 4.78 is 0. The van der Waals surface area contributed by atoms with E-state index in [-0.39, 0.29) is 24.5 Å². The lowest BCUT2D eigenvalue weighted by molar-refractivity contribution is -0.119. The first-order valence-corrected chi connectivity index (χ1v) is 7.11. The van der Waals surface area contributed by atoms with Crippen LogP contribution in [0.3, 0.4) is 0 Å². The van der Waals surface area contributed by atoms with Crippen LogP contribution in [-0.4, -0.2) is 29.4 Å². The predicted molar refractivity (Wildman–Crippen MR) is 75.8 cm³/mol. The molecule has 0 aliphatic carbocycles. The van der Waals surface area contributed by atoms with Crippen LogP contribution in [0.25, 0.3) is 0 Å². The van der Waals surface area contributed by atoms with Gasteiger partial charge in [-0.25, -0.2) is 0 Å². The van der Waals surface area contributed by atoms with E-state index in [0.717, 1.165) is 4.90 Å². The maximum Gasteiger partial charge on any atom is 0.230 e. The van der Waals surface area contributed by atoms with Crippen molar-refractivity contribution < 1.29 is 9.90 Å². The second-order valence-corrected chi connectivity index (χ2v) is 5.75. The first-order chi connectivity index (χ1) is 8.52. The molecule has 0 saturated heterocycles. The molecule has 4 heteroatoms. The van der Waals surface area contributed by atoms with Gasteiger partial charge in [-0.2, -0.15) is 0 Å². The summed E-state index contributed by atoms with van der Waals surface area (Å²) in [6.07, 6.45) is 0. The van der Waals surface area contributed by atoms with Crippen molar-refractivity contribution in [3.8, 4) is 0 Å². The van der Waals surface area contributed by atoms with Crippen molar-refractivity contribution >= 4 is 17.7 Å². The lowest BCUT2D eigenvalue weighted by Gasteiger charge is -2.19. The molecule has 1 rings (SSSR count). The number of benzene rings is 1. The number of carbonyl (C=O) groups is 1. The molecule has 0 saturated carbocycles. The van der Waals surface area contributed by atoms with Crippen molar-refractivity contribution in [1.29, 1.82) is 0 Å². The number of aliphatic hydroxyl groups is 1. The van der Waals surface area contributed by atoms with Crippen LogP contribution in [0, 0.1) is 12.8 Å². The zero-order chi connectivity index (χ0) is 13.5. The topological polar surface area (TPSA) is 49.3 Å². The van der Waals surface area contributed by atoms with Crippen molar-refractivity contribution in [3.05, 3.63) is 29.8 Å². The molecule has 1 atom stereocenters. The minimum absolute atomic E-state index is 0.0153.